The fourth-order valence-corrected chi connectivity index (χ4v) is 3.55. The molecular formula is C17H18N2O4. The summed E-state index contributed by atoms with van der Waals surface area (Å²) in [5, 5.41) is 4.73. The van der Waals surface area contributed by atoms with Crippen molar-refractivity contribution in [1.29, 1.82) is 0 Å². The minimum absolute atomic E-state index is 0.173. The molecule has 4 atom stereocenters. The Kier molecular flexibility index (Phi) is 2.76. The van der Waals surface area contributed by atoms with E-state index < -0.39 is 12.1 Å². The molecule has 1 aromatic heterocycles. The van der Waals surface area contributed by atoms with E-state index in [1.54, 1.807) is 0 Å². The first-order chi connectivity index (χ1) is 11.1. The number of rotatable bonds is 1. The Morgan fingerprint density at radius 1 is 1.13 bits per heavy atom. The average molecular weight is 314 g/mol. The molecule has 2 fully saturated rings. The van der Waals surface area contributed by atoms with Crippen LogP contribution in [0.3, 0.4) is 0 Å². The van der Waals surface area contributed by atoms with Gasteiger partial charge in [-0.05, 0) is 26.0 Å². The Bertz CT molecular complexity index is 742. The van der Waals surface area contributed by atoms with E-state index in [0.717, 1.165) is 16.9 Å². The summed E-state index contributed by atoms with van der Waals surface area (Å²) in [4.78, 5) is 0. The Labute approximate surface area is 133 Å². The molecule has 0 saturated carbocycles. The van der Waals surface area contributed by atoms with Gasteiger partial charge in [0.05, 0.1) is 12.3 Å². The number of hydrogen-bond donors (Lipinski definition) is 0. The summed E-state index contributed by atoms with van der Waals surface area (Å²) >= 11 is 0. The quantitative estimate of drug-likeness (QED) is 0.808. The van der Waals surface area contributed by atoms with E-state index in [0.29, 0.717) is 6.61 Å². The first kappa shape index (κ1) is 13.7. The van der Waals surface area contributed by atoms with Crippen molar-refractivity contribution in [3.05, 3.63) is 47.8 Å². The number of para-hydroxylation sites is 1. The van der Waals surface area contributed by atoms with Crippen LogP contribution >= 0.6 is 0 Å². The van der Waals surface area contributed by atoms with Crippen molar-refractivity contribution in [1.82, 2.24) is 9.78 Å². The molecule has 5 rings (SSSR count). The van der Waals surface area contributed by atoms with Gasteiger partial charge in [-0.25, -0.2) is 4.68 Å². The van der Waals surface area contributed by atoms with Gasteiger partial charge < -0.3 is 18.9 Å². The van der Waals surface area contributed by atoms with Crippen molar-refractivity contribution in [3.8, 4) is 5.69 Å². The minimum atomic E-state index is -0.632. The van der Waals surface area contributed by atoms with Crippen LogP contribution in [0, 0.1) is 0 Å². The van der Waals surface area contributed by atoms with Crippen molar-refractivity contribution >= 4 is 0 Å². The number of fused-ring (bicyclic) bond motifs is 5. The molecule has 3 aliphatic rings. The third-order valence-corrected chi connectivity index (χ3v) is 4.54. The molecule has 4 heterocycles. The summed E-state index contributed by atoms with van der Waals surface area (Å²) < 4.78 is 25.7. The highest BCUT2D eigenvalue weighted by Gasteiger charge is 2.57. The second-order valence-corrected chi connectivity index (χ2v) is 6.62. The van der Waals surface area contributed by atoms with Gasteiger partial charge in [-0.15, -0.1) is 0 Å². The van der Waals surface area contributed by atoms with Crippen LogP contribution in [0.4, 0.5) is 0 Å². The zero-order valence-electron chi connectivity index (χ0n) is 13.0. The van der Waals surface area contributed by atoms with Gasteiger partial charge in [0, 0.05) is 11.8 Å². The normalized spacial score (nSPS) is 34.0. The highest BCUT2D eigenvalue weighted by molar-refractivity contribution is 5.34. The number of benzene rings is 1. The molecule has 0 bridgehead atoms. The molecule has 0 N–H and O–H groups in total. The lowest BCUT2D eigenvalue weighted by atomic mass is 10.0. The van der Waals surface area contributed by atoms with Crippen LogP contribution in [0.25, 0.3) is 5.69 Å². The van der Waals surface area contributed by atoms with E-state index >= 15 is 0 Å². The maximum absolute atomic E-state index is 6.05. The van der Waals surface area contributed by atoms with Crippen LogP contribution in [0.15, 0.2) is 36.5 Å². The lowest BCUT2D eigenvalue weighted by Crippen LogP contribution is -2.36. The fraction of sp³-hybridized carbons (Fsp3) is 0.471. The maximum atomic E-state index is 6.05. The van der Waals surface area contributed by atoms with Crippen LogP contribution in [0.1, 0.15) is 31.2 Å². The Morgan fingerprint density at radius 2 is 1.96 bits per heavy atom. The van der Waals surface area contributed by atoms with Gasteiger partial charge in [0.2, 0.25) is 0 Å². The molecule has 0 radical (unpaired) electrons. The van der Waals surface area contributed by atoms with Crippen molar-refractivity contribution in [2.45, 2.75) is 50.8 Å². The predicted molar refractivity (Wildman–Crippen MR) is 79.8 cm³/mol. The van der Waals surface area contributed by atoms with Crippen molar-refractivity contribution < 1.29 is 18.9 Å². The molecule has 6 heteroatoms. The van der Waals surface area contributed by atoms with Gasteiger partial charge in [-0.1, -0.05) is 18.2 Å². The SMILES string of the molecule is CC1(C)O[C@H]2O[C@@H]3c4nn(-c5ccccc5)cc4CO[C@@H]3[C@H]2O1. The standard InChI is InChI=1S/C17H18N2O4/c1-17(2)22-15-14-13(21-16(15)23-17)12-10(9-20-14)8-19(18-12)11-6-4-3-5-7-11/h3-8,13-16H,9H2,1-2H3/t13-,14+,15-,16-/m1/s1. The Balaban J connectivity index is 1.48. The topological polar surface area (TPSA) is 54.7 Å². The van der Waals surface area contributed by atoms with Gasteiger partial charge in [0.15, 0.2) is 12.1 Å². The molecular weight excluding hydrogens is 296 g/mol. The minimum Gasteiger partial charge on any atom is -0.367 e. The van der Waals surface area contributed by atoms with E-state index in [1.807, 2.05) is 55.1 Å². The number of ether oxygens (including phenoxy) is 4. The summed E-state index contributed by atoms with van der Waals surface area (Å²) in [6.45, 7) is 4.30. The first-order valence-electron chi connectivity index (χ1n) is 7.87. The summed E-state index contributed by atoms with van der Waals surface area (Å²) in [5.41, 5.74) is 2.99. The molecule has 6 nitrogen and oxygen atoms in total. The summed E-state index contributed by atoms with van der Waals surface area (Å²) in [6.07, 6.45) is 0.991. The van der Waals surface area contributed by atoms with Crippen LogP contribution in [0.5, 0.6) is 0 Å². The third-order valence-electron chi connectivity index (χ3n) is 4.54. The van der Waals surface area contributed by atoms with E-state index in [2.05, 4.69) is 0 Å². The molecule has 0 aliphatic carbocycles. The second kappa shape index (κ2) is 4.64. The smallest absolute Gasteiger partial charge is 0.190 e. The largest absolute Gasteiger partial charge is 0.367 e. The Morgan fingerprint density at radius 3 is 2.78 bits per heavy atom. The fourth-order valence-electron chi connectivity index (χ4n) is 3.55. The van der Waals surface area contributed by atoms with Crippen molar-refractivity contribution in [3.63, 3.8) is 0 Å². The number of aromatic nitrogens is 2. The van der Waals surface area contributed by atoms with Gasteiger partial charge >= 0.3 is 0 Å². The van der Waals surface area contributed by atoms with E-state index in [9.17, 15) is 0 Å². The lowest BCUT2D eigenvalue weighted by molar-refractivity contribution is -0.223. The van der Waals surface area contributed by atoms with E-state index in [1.165, 1.54) is 0 Å². The highest BCUT2D eigenvalue weighted by atomic mass is 16.8. The van der Waals surface area contributed by atoms with E-state index in [4.69, 9.17) is 24.0 Å². The predicted octanol–water partition coefficient (Wildman–Crippen LogP) is 2.32. The van der Waals surface area contributed by atoms with Crippen molar-refractivity contribution in [2.75, 3.05) is 0 Å². The summed E-state index contributed by atoms with van der Waals surface area (Å²) in [6, 6.07) is 10.0. The molecule has 3 aliphatic heterocycles. The number of hydrogen-bond acceptors (Lipinski definition) is 5. The highest BCUT2D eigenvalue weighted by Crippen LogP contribution is 2.47. The molecule has 23 heavy (non-hydrogen) atoms. The van der Waals surface area contributed by atoms with Crippen LogP contribution in [-0.4, -0.2) is 34.1 Å². The van der Waals surface area contributed by atoms with Gasteiger partial charge in [-0.2, -0.15) is 5.10 Å². The van der Waals surface area contributed by atoms with E-state index in [-0.39, 0.29) is 18.3 Å². The van der Waals surface area contributed by atoms with Gasteiger partial charge in [0.1, 0.15) is 24.0 Å². The second-order valence-electron chi connectivity index (χ2n) is 6.62. The first-order valence-corrected chi connectivity index (χ1v) is 7.87. The molecule has 0 amide bonds. The monoisotopic (exact) mass is 314 g/mol. The summed E-state index contributed by atoms with van der Waals surface area (Å²) in [7, 11) is 0. The zero-order valence-corrected chi connectivity index (χ0v) is 13.0. The van der Waals surface area contributed by atoms with Crippen LogP contribution in [0.2, 0.25) is 0 Å². The van der Waals surface area contributed by atoms with Gasteiger partial charge in [-0.3, -0.25) is 0 Å². The molecule has 2 aromatic rings. The third kappa shape index (κ3) is 2.06. The molecule has 1 aromatic carbocycles. The zero-order chi connectivity index (χ0) is 15.6. The molecule has 120 valence electrons. The average Bonchev–Trinajstić information content (AvgIpc) is 3.17. The van der Waals surface area contributed by atoms with Crippen LogP contribution in [-0.2, 0) is 25.6 Å². The summed E-state index contributed by atoms with van der Waals surface area (Å²) in [5.74, 6) is -0.632. The molecule has 2 saturated heterocycles. The molecule has 0 unspecified atom stereocenters. The van der Waals surface area contributed by atoms with Crippen molar-refractivity contribution in [2.24, 2.45) is 0 Å². The lowest BCUT2D eigenvalue weighted by Gasteiger charge is -2.28. The number of nitrogens with zero attached hydrogens (tertiary/aromatic N) is 2. The Hall–Kier alpha value is -1.73. The van der Waals surface area contributed by atoms with Crippen LogP contribution < -0.4 is 0 Å². The maximum Gasteiger partial charge on any atom is 0.190 e. The van der Waals surface area contributed by atoms with Gasteiger partial charge in [0.25, 0.3) is 0 Å². The molecule has 0 spiro atoms.